The minimum atomic E-state index is -0.435. The van der Waals surface area contributed by atoms with Crippen molar-refractivity contribution in [1.29, 1.82) is 0 Å². The standard InChI is InChI=1S/C16H17ClFN5OS/c17-12-9-11(1-2-13(12)18)14-10-20-16-23(14)21-15(25-16)19-3-4-22-5-7-24-8-6-22/h1-2,9-10H,3-8H2,(H,19,21). The molecule has 1 saturated heterocycles. The molecule has 1 aromatic carbocycles. The minimum Gasteiger partial charge on any atom is -0.379 e. The SMILES string of the molecule is Fc1ccc(-c2cnc3sc(NCCN4CCOCC4)nn23)cc1Cl. The number of nitrogens with one attached hydrogen (secondary N) is 1. The van der Waals surface area contributed by atoms with Gasteiger partial charge in [0, 0.05) is 31.7 Å². The van der Waals surface area contributed by atoms with Crippen LogP contribution in [0.5, 0.6) is 0 Å². The van der Waals surface area contributed by atoms with E-state index in [1.165, 1.54) is 17.4 Å². The molecule has 0 amide bonds. The van der Waals surface area contributed by atoms with E-state index in [9.17, 15) is 4.39 Å². The van der Waals surface area contributed by atoms with Crippen molar-refractivity contribution in [1.82, 2.24) is 19.5 Å². The third-order valence-corrected chi connectivity index (χ3v) is 5.28. The summed E-state index contributed by atoms with van der Waals surface area (Å²) < 4.78 is 20.5. The van der Waals surface area contributed by atoms with Crippen LogP contribution in [-0.2, 0) is 4.74 Å². The summed E-state index contributed by atoms with van der Waals surface area (Å²) in [6.45, 7) is 5.31. The van der Waals surface area contributed by atoms with E-state index in [1.807, 2.05) is 0 Å². The molecule has 1 fully saturated rings. The van der Waals surface area contributed by atoms with Gasteiger partial charge in [-0.25, -0.2) is 13.9 Å². The molecule has 132 valence electrons. The van der Waals surface area contributed by atoms with Crippen LogP contribution in [0.1, 0.15) is 0 Å². The maximum absolute atomic E-state index is 13.4. The van der Waals surface area contributed by atoms with Crippen molar-refractivity contribution in [3.8, 4) is 11.3 Å². The molecule has 0 bridgehead atoms. The van der Waals surface area contributed by atoms with Gasteiger partial charge in [0.2, 0.25) is 10.1 Å². The fourth-order valence-electron chi connectivity index (χ4n) is 2.76. The Kier molecular flexibility index (Phi) is 4.85. The molecule has 0 saturated carbocycles. The summed E-state index contributed by atoms with van der Waals surface area (Å²) in [4.78, 5) is 7.52. The number of halogens is 2. The first-order chi connectivity index (χ1) is 12.2. The van der Waals surface area contributed by atoms with Crippen LogP contribution in [0.15, 0.2) is 24.4 Å². The van der Waals surface area contributed by atoms with E-state index in [4.69, 9.17) is 16.3 Å². The highest BCUT2D eigenvalue weighted by Gasteiger charge is 2.14. The average molecular weight is 382 g/mol. The van der Waals surface area contributed by atoms with Crippen LogP contribution in [0, 0.1) is 5.82 Å². The number of nitrogens with zero attached hydrogens (tertiary/aromatic N) is 4. The zero-order valence-corrected chi connectivity index (χ0v) is 15.0. The van der Waals surface area contributed by atoms with E-state index in [-0.39, 0.29) is 5.02 Å². The monoisotopic (exact) mass is 381 g/mol. The molecule has 0 unspecified atom stereocenters. The highest BCUT2D eigenvalue weighted by atomic mass is 35.5. The molecule has 3 aromatic rings. The highest BCUT2D eigenvalue weighted by molar-refractivity contribution is 7.20. The molecule has 1 aliphatic heterocycles. The summed E-state index contributed by atoms with van der Waals surface area (Å²) in [5.41, 5.74) is 1.57. The largest absolute Gasteiger partial charge is 0.379 e. The van der Waals surface area contributed by atoms with E-state index < -0.39 is 5.82 Å². The molecule has 4 rings (SSSR count). The van der Waals surface area contributed by atoms with Crippen molar-refractivity contribution >= 4 is 33.0 Å². The Labute approximate surface area is 153 Å². The lowest BCUT2D eigenvalue weighted by Crippen LogP contribution is -2.39. The maximum atomic E-state index is 13.4. The molecule has 25 heavy (non-hydrogen) atoms. The fourth-order valence-corrected chi connectivity index (χ4v) is 3.74. The molecule has 0 aliphatic carbocycles. The van der Waals surface area contributed by atoms with Gasteiger partial charge in [-0.3, -0.25) is 4.90 Å². The number of morpholine rings is 1. The second-order valence-electron chi connectivity index (χ2n) is 5.75. The molecule has 2 aromatic heterocycles. The molecule has 1 aliphatic rings. The lowest BCUT2D eigenvalue weighted by Gasteiger charge is -2.26. The van der Waals surface area contributed by atoms with Crippen LogP contribution in [0.2, 0.25) is 5.02 Å². The van der Waals surface area contributed by atoms with E-state index >= 15 is 0 Å². The quantitative estimate of drug-likeness (QED) is 0.736. The molecule has 9 heteroatoms. The van der Waals surface area contributed by atoms with Crippen molar-refractivity contribution in [2.24, 2.45) is 0 Å². The Morgan fingerprint density at radius 1 is 1.32 bits per heavy atom. The van der Waals surface area contributed by atoms with Crippen LogP contribution >= 0.6 is 22.9 Å². The highest BCUT2D eigenvalue weighted by Crippen LogP contribution is 2.28. The number of anilines is 1. The molecule has 0 radical (unpaired) electrons. The lowest BCUT2D eigenvalue weighted by molar-refractivity contribution is 0.0398. The lowest BCUT2D eigenvalue weighted by atomic mass is 10.2. The van der Waals surface area contributed by atoms with Crippen molar-refractivity contribution in [3.63, 3.8) is 0 Å². The van der Waals surface area contributed by atoms with Crippen LogP contribution in [0.25, 0.3) is 16.2 Å². The van der Waals surface area contributed by atoms with Crippen molar-refractivity contribution < 1.29 is 9.13 Å². The maximum Gasteiger partial charge on any atom is 0.214 e. The topological polar surface area (TPSA) is 54.7 Å². The Hall–Kier alpha value is -1.74. The number of fused-ring (bicyclic) bond motifs is 1. The fraction of sp³-hybridized carbons (Fsp3) is 0.375. The first-order valence-electron chi connectivity index (χ1n) is 8.05. The Morgan fingerprint density at radius 2 is 2.16 bits per heavy atom. The van der Waals surface area contributed by atoms with Crippen molar-refractivity contribution in [2.75, 3.05) is 44.7 Å². The van der Waals surface area contributed by atoms with Gasteiger partial charge in [-0.15, -0.1) is 5.10 Å². The van der Waals surface area contributed by atoms with Crippen LogP contribution in [0.3, 0.4) is 0 Å². The minimum absolute atomic E-state index is 0.0894. The third-order valence-electron chi connectivity index (χ3n) is 4.11. The van der Waals surface area contributed by atoms with Gasteiger partial charge in [0.05, 0.1) is 30.1 Å². The predicted molar refractivity (Wildman–Crippen MR) is 97.0 cm³/mol. The first-order valence-corrected chi connectivity index (χ1v) is 9.24. The van der Waals surface area contributed by atoms with Crippen LogP contribution < -0.4 is 5.32 Å². The number of hydrogen-bond donors (Lipinski definition) is 1. The summed E-state index contributed by atoms with van der Waals surface area (Å²) >= 11 is 7.37. The van der Waals surface area contributed by atoms with Gasteiger partial charge in [0.25, 0.3) is 0 Å². The van der Waals surface area contributed by atoms with E-state index in [0.29, 0.717) is 0 Å². The Bertz CT molecular complexity index is 877. The van der Waals surface area contributed by atoms with Crippen molar-refractivity contribution in [2.45, 2.75) is 0 Å². The smallest absolute Gasteiger partial charge is 0.214 e. The zero-order chi connectivity index (χ0) is 17.2. The van der Waals surface area contributed by atoms with Gasteiger partial charge >= 0.3 is 0 Å². The van der Waals surface area contributed by atoms with Crippen molar-refractivity contribution in [3.05, 3.63) is 35.2 Å². The summed E-state index contributed by atoms with van der Waals surface area (Å²) in [6.07, 6.45) is 1.72. The van der Waals surface area contributed by atoms with Gasteiger partial charge in [0.15, 0.2) is 0 Å². The van der Waals surface area contributed by atoms with Crippen LogP contribution in [-0.4, -0.2) is 58.9 Å². The van der Waals surface area contributed by atoms with E-state index in [1.54, 1.807) is 22.8 Å². The molecule has 0 spiro atoms. The van der Waals surface area contributed by atoms with Crippen LogP contribution in [0.4, 0.5) is 9.52 Å². The Morgan fingerprint density at radius 3 is 2.96 bits per heavy atom. The number of benzene rings is 1. The van der Waals surface area contributed by atoms with Gasteiger partial charge < -0.3 is 10.1 Å². The number of imidazole rings is 1. The normalized spacial score (nSPS) is 15.8. The summed E-state index contributed by atoms with van der Waals surface area (Å²) in [7, 11) is 0. The predicted octanol–water partition coefficient (Wildman–Crippen LogP) is 2.99. The Balaban J connectivity index is 1.47. The molecular formula is C16H17ClFN5OS. The summed E-state index contributed by atoms with van der Waals surface area (Å²) in [6, 6.07) is 4.62. The molecule has 6 nitrogen and oxygen atoms in total. The number of ether oxygens (including phenoxy) is 1. The molecule has 3 heterocycles. The van der Waals surface area contributed by atoms with Gasteiger partial charge in [-0.1, -0.05) is 22.9 Å². The average Bonchev–Trinajstić information content (AvgIpc) is 3.19. The summed E-state index contributed by atoms with van der Waals surface area (Å²) in [5.74, 6) is -0.435. The van der Waals surface area contributed by atoms with Gasteiger partial charge in [0.1, 0.15) is 5.82 Å². The van der Waals surface area contributed by atoms with Gasteiger partial charge in [-0.2, -0.15) is 0 Å². The molecule has 1 N–H and O–H groups in total. The van der Waals surface area contributed by atoms with E-state index in [2.05, 4.69) is 20.3 Å². The second kappa shape index (κ2) is 7.25. The van der Waals surface area contributed by atoms with E-state index in [0.717, 1.165) is 60.7 Å². The van der Waals surface area contributed by atoms with Gasteiger partial charge in [-0.05, 0) is 18.2 Å². The summed E-state index contributed by atoms with van der Waals surface area (Å²) in [5, 5.41) is 8.81. The number of rotatable bonds is 5. The second-order valence-corrected chi connectivity index (χ2v) is 7.12. The molecule has 0 atom stereocenters. The third kappa shape index (κ3) is 3.62. The number of hydrogen-bond acceptors (Lipinski definition) is 6. The zero-order valence-electron chi connectivity index (χ0n) is 13.4. The number of aromatic nitrogens is 3. The first kappa shape index (κ1) is 16.7. The molecular weight excluding hydrogens is 365 g/mol.